The van der Waals surface area contributed by atoms with E-state index < -0.39 is 0 Å². The highest BCUT2D eigenvalue weighted by atomic mass is 19.1. The molecule has 0 amide bonds. The van der Waals surface area contributed by atoms with Crippen LogP contribution in [0.2, 0.25) is 0 Å². The summed E-state index contributed by atoms with van der Waals surface area (Å²) in [6, 6.07) is 14.0. The van der Waals surface area contributed by atoms with Gasteiger partial charge in [-0.2, -0.15) is 0 Å². The zero-order valence-corrected chi connectivity index (χ0v) is 12.3. The summed E-state index contributed by atoms with van der Waals surface area (Å²) in [5.41, 5.74) is 5.17. The SMILES string of the molecule is C=C=NN/C(=C\C)c1ccc(OCc2ccccc2F)cc1. The van der Waals surface area contributed by atoms with Gasteiger partial charge in [-0.15, -0.1) is 5.10 Å². The summed E-state index contributed by atoms with van der Waals surface area (Å²) in [7, 11) is 0. The number of halogens is 1. The van der Waals surface area contributed by atoms with Crippen LogP contribution in [0.1, 0.15) is 18.1 Å². The molecule has 1 N–H and O–H groups in total. The topological polar surface area (TPSA) is 33.6 Å². The first-order valence-corrected chi connectivity index (χ1v) is 6.85. The summed E-state index contributed by atoms with van der Waals surface area (Å²) in [6.45, 7) is 5.51. The van der Waals surface area contributed by atoms with Crippen molar-refractivity contribution < 1.29 is 9.13 Å². The van der Waals surface area contributed by atoms with Crippen molar-refractivity contribution in [2.75, 3.05) is 0 Å². The van der Waals surface area contributed by atoms with Gasteiger partial charge in [-0.25, -0.2) is 4.39 Å². The highest BCUT2D eigenvalue weighted by Gasteiger charge is 2.03. The summed E-state index contributed by atoms with van der Waals surface area (Å²) in [4.78, 5) is 0. The second-order valence-corrected chi connectivity index (χ2v) is 4.49. The predicted molar refractivity (Wildman–Crippen MR) is 87.0 cm³/mol. The van der Waals surface area contributed by atoms with Crippen molar-refractivity contribution in [3.05, 3.63) is 78.1 Å². The molecule has 0 heterocycles. The lowest BCUT2D eigenvalue weighted by atomic mass is 10.1. The normalized spacial score (nSPS) is 10.7. The van der Waals surface area contributed by atoms with E-state index in [4.69, 9.17) is 4.74 Å². The van der Waals surface area contributed by atoms with Gasteiger partial charge in [0.2, 0.25) is 0 Å². The maximum absolute atomic E-state index is 13.5. The molecule has 0 saturated carbocycles. The van der Waals surface area contributed by atoms with E-state index in [0.717, 1.165) is 11.3 Å². The molecule has 2 rings (SSSR count). The molecule has 3 nitrogen and oxygen atoms in total. The molecular weight excluding hydrogens is 279 g/mol. The number of ether oxygens (including phenoxy) is 1. The molecule has 0 radical (unpaired) electrons. The number of hydrazone groups is 1. The van der Waals surface area contributed by atoms with Gasteiger partial charge >= 0.3 is 0 Å². The minimum Gasteiger partial charge on any atom is -0.489 e. The molecule has 0 unspecified atom stereocenters. The average Bonchev–Trinajstić information content (AvgIpc) is 2.56. The van der Waals surface area contributed by atoms with Crippen LogP contribution in [-0.2, 0) is 6.61 Å². The zero-order chi connectivity index (χ0) is 15.8. The molecule has 22 heavy (non-hydrogen) atoms. The molecule has 0 saturated heterocycles. The van der Waals surface area contributed by atoms with Crippen LogP contribution >= 0.6 is 0 Å². The second kappa shape index (κ2) is 7.81. The van der Waals surface area contributed by atoms with Gasteiger partial charge in [0.05, 0.1) is 5.70 Å². The predicted octanol–water partition coefficient (Wildman–Crippen LogP) is 4.13. The van der Waals surface area contributed by atoms with E-state index in [9.17, 15) is 4.39 Å². The molecule has 0 bridgehead atoms. The molecule has 0 atom stereocenters. The fourth-order valence-corrected chi connectivity index (χ4v) is 1.90. The lowest BCUT2D eigenvalue weighted by Gasteiger charge is -2.09. The first-order chi connectivity index (χ1) is 10.7. The molecule has 0 spiro atoms. The van der Waals surface area contributed by atoms with Gasteiger partial charge in [-0.3, -0.25) is 5.43 Å². The molecule has 0 aliphatic carbocycles. The summed E-state index contributed by atoms with van der Waals surface area (Å²) < 4.78 is 19.1. The van der Waals surface area contributed by atoms with Crippen molar-refractivity contribution in [2.24, 2.45) is 5.10 Å². The highest BCUT2D eigenvalue weighted by Crippen LogP contribution is 2.19. The highest BCUT2D eigenvalue weighted by molar-refractivity contribution is 5.64. The van der Waals surface area contributed by atoms with Gasteiger partial charge in [-0.1, -0.05) is 24.3 Å². The quantitative estimate of drug-likeness (QED) is 0.642. The number of rotatable bonds is 6. The Bertz CT molecular complexity index is 701. The van der Waals surface area contributed by atoms with Crippen LogP contribution < -0.4 is 10.2 Å². The van der Waals surface area contributed by atoms with Crippen molar-refractivity contribution in [2.45, 2.75) is 13.5 Å². The maximum atomic E-state index is 13.5. The lowest BCUT2D eigenvalue weighted by molar-refractivity contribution is 0.300. The van der Waals surface area contributed by atoms with E-state index in [1.54, 1.807) is 18.2 Å². The molecular formula is C18H17FN2O. The van der Waals surface area contributed by atoms with Crippen molar-refractivity contribution in [1.82, 2.24) is 5.43 Å². The maximum Gasteiger partial charge on any atom is 0.129 e. The third kappa shape index (κ3) is 4.08. The third-order valence-electron chi connectivity index (χ3n) is 3.06. The smallest absolute Gasteiger partial charge is 0.129 e. The van der Waals surface area contributed by atoms with Crippen LogP contribution in [0.3, 0.4) is 0 Å². The Kier molecular flexibility index (Phi) is 5.52. The molecule has 0 aromatic heterocycles. The lowest BCUT2D eigenvalue weighted by Crippen LogP contribution is -2.03. The molecule has 4 heteroatoms. The van der Waals surface area contributed by atoms with Gasteiger partial charge in [0.15, 0.2) is 0 Å². The van der Waals surface area contributed by atoms with Crippen LogP contribution in [0.15, 0.2) is 66.3 Å². The molecule has 0 aliphatic heterocycles. The molecule has 2 aromatic rings. The first kappa shape index (κ1) is 15.5. The first-order valence-electron chi connectivity index (χ1n) is 6.85. The van der Waals surface area contributed by atoms with Crippen LogP contribution in [0, 0.1) is 5.82 Å². The fourth-order valence-electron chi connectivity index (χ4n) is 1.90. The Morgan fingerprint density at radius 3 is 2.64 bits per heavy atom. The number of allylic oxidation sites excluding steroid dienone is 1. The fraction of sp³-hybridized carbons (Fsp3) is 0.111. The van der Waals surface area contributed by atoms with E-state index in [1.165, 1.54) is 6.07 Å². The number of hydrogen-bond acceptors (Lipinski definition) is 3. The van der Waals surface area contributed by atoms with Gasteiger partial charge < -0.3 is 4.74 Å². The average molecular weight is 296 g/mol. The van der Waals surface area contributed by atoms with E-state index in [1.807, 2.05) is 37.3 Å². The van der Waals surface area contributed by atoms with Crippen molar-refractivity contribution >= 4 is 11.6 Å². The Hall–Kier alpha value is -2.84. The molecule has 0 aliphatic rings. The number of benzene rings is 2. The largest absolute Gasteiger partial charge is 0.489 e. The minimum atomic E-state index is -0.262. The van der Waals surface area contributed by atoms with Gasteiger partial charge in [0, 0.05) is 11.4 Å². The van der Waals surface area contributed by atoms with Crippen LogP contribution in [0.25, 0.3) is 5.70 Å². The summed E-state index contributed by atoms with van der Waals surface area (Å²) >= 11 is 0. The van der Waals surface area contributed by atoms with Crippen molar-refractivity contribution in [3.63, 3.8) is 0 Å². The third-order valence-corrected chi connectivity index (χ3v) is 3.06. The van der Waals surface area contributed by atoms with E-state index in [2.05, 4.69) is 23.0 Å². The Labute approximate surface area is 129 Å². The second-order valence-electron chi connectivity index (χ2n) is 4.49. The number of nitrogens with zero attached hydrogens (tertiary/aromatic N) is 1. The Balaban J connectivity index is 2.03. The van der Waals surface area contributed by atoms with Gasteiger partial charge in [0.25, 0.3) is 0 Å². The zero-order valence-electron chi connectivity index (χ0n) is 12.3. The van der Waals surface area contributed by atoms with Crippen molar-refractivity contribution in [3.8, 4) is 5.75 Å². The van der Waals surface area contributed by atoms with E-state index >= 15 is 0 Å². The standard InChI is InChI=1S/C18H17FN2O/c1-3-18(21-20-4-2)14-9-11-16(12-10-14)22-13-15-7-5-6-8-17(15)19/h3,5-12,21H,2,13H2,1H3/b18-3-. The van der Waals surface area contributed by atoms with Crippen molar-refractivity contribution in [1.29, 1.82) is 0 Å². The minimum absolute atomic E-state index is 0.196. The Morgan fingerprint density at radius 1 is 1.27 bits per heavy atom. The molecule has 0 fully saturated rings. The number of nitrogens with one attached hydrogen (secondary N) is 1. The Morgan fingerprint density at radius 2 is 2.00 bits per heavy atom. The monoisotopic (exact) mass is 296 g/mol. The van der Waals surface area contributed by atoms with E-state index in [-0.39, 0.29) is 12.4 Å². The molecule has 112 valence electrons. The summed E-state index contributed by atoms with van der Waals surface area (Å²) in [6.07, 6.45) is 1.90. The van der Waals surface area contributed by atoms with Crippen LogP contribution in [-0.4, -0.2) is 5.87 Å². The van der Waals surface area contributed by atoms with Gasteiger partial charge in [-0.05, 0) is 49.4 Å². The summed E-state index contributed by atoms with van der Waals surface area (Å²) in [5, 5.41) is 3.78. The van der Waals surface area contributed by atoms with Gasteiger partial charge in [0.1, 0.15) is 18.2 Å². The van der Waals surface area contributed by atoms with E-state index in [0.29, 0.717) is 11.3 Å². The number of hydrogen-bond donors (Lipinski definition) is 1. The van der Waals surface area contributed by atoms with Crippen LogP contribution in [0.4, 0.5) is 4.39 Å². The van der Waals surface area contributed by atoms with Crippen LogP contribution in [0.5, 0.6) is 5.75 Å². The summed E-state index contributed by atoms with van der Waals surface area (Å²) in [5.74, 6) is 2.83. The molecule has 2 aromatic carbocycles.